The van der Waals surface area contributed by atoms with Crippen molar-refractivity contribution in [3.05, 3.63) is 54.6 Å². The Morgan fingerprint density at radius 3 is 2.53 bits per heavy atom. The normalized spacial score (nSPS) is 9.95. The number of amides is 1. The summed E-state index contributed by atoms with van der Waals surface area (Å²) in [6, 6.07) is 16.7. The van der Waals surface area contributed by atoms with Gasteiger partial charge in [0.1, 0.15) is 11.5 Å². The van der Waals surface area contributed by atoms with E-state index in [-0.39, 0.29) is 5.91 Å². The van der Waals surface area contributed by atoms with Crippen LogP contribution in [0.5, 0.6) is 11.5 Å². The first kappa shape index (κ1) is 13.1. The smallest absolute Gasteiger partial charge is 0.225 e. The maximum Gasteiger partial charge on any atom is 0.225 e. The van der Waals surface area contributed by atoms with Crippen molar-refractivity contribution in [1.29, 1.82) is 0 Å². The average molecular weight is 256 g/mol. The first-order valence-corrected chi connectivity index (χ1v) is 6.11. The number of carbonyl (C=O) groups is 1. The van der Waals surface area contributed by atoms with Gasteiger partial charge in [0, 0.05) is 24.7 Å². The monoisotopic (exact) mass is 256 g/mol. The fourth-order valence-corrected chi connectivity index (χ4v) is 1.62. The van der Waals surface area contributed by atoms with Gasteiger partial charge in [-0.1, -0.05) is 24.3 Å². The Morgan fingerprint density at radius 1 is 1.05 bits per heavy atom. The minimum Gasteiger partial charge on any atom is -0.457 e. The Balaban J connectivity index is 2.05. The number of anilines is 1. The van der Waals surface area contributed by atoms with Gasteiger partial charge in [-0.15, -0.1) is 0 Å². The van der Waals surface area contributed by atoms with E-state index in [0.717, 1.165) is 5.75 Å². The second kappa shape index (κ2) is 6.56. The molecule has 0 unspecified atom stereocenters. The minimum atomic E-state index is -0.0978. The molecule has 0 aromatic heterocycles. The van der Waals surface area contributed by atoms with Crippen LogP contribution in [0.4, 0.5) is 5.69 Å². The Kier molecular flexibility index (Phi) is 4.53. The molecule has 0 heterocycles. The predicted molar refractivity (Wildman–Crippen MR) is 75.3 cm³/mol. The highest BCUT2D eigenvalue weighted by Crippen LogP contribution is 2.23. The fourth-order valence-electron chi connectivity index (χ4n) is 1.62. The summed E-state index contributed by atoms with van der Waals surface area (Å²) < 4.78 is 5.68. The summed E-state index contributed by atoms with van der Waals surface area (Å²) in [7, 11) is 0. The topological polar surface area (TPSA) is 64.4 Å². The number of carbonyl (C=O) groups excluding carboxylic acids is 1. The Morgan fingerprint density at radius 2 is 1.79 bits per heavy atom. The lowest BCUT2D eigenvalue weighted by Gasteiger charge is -2.08. The number of hydrogen-bond donors (Lipinski definition) is 2. The lowest BCUT2D eigenvalue weighted by Crippen LogP contribution is -2.16. The Labute approximate surface area is 112 Å². The third-order valence-electron chi connectivity index (χ3n) is 2.47. The first-order valence-electron chi connectivity index (χ1n) is 6.11. The molecule has 0 aliphatic heterocycles. The molecule has 0 saturated carbocycles. The maximum absolute atomic E-state index is 11.5. The zero-order valence-corrected chi connectivity index (χ0v) is 10.5. The molecule has 0 bridgehead atoms. The van der Waals surface area contributed by atoms with Gasteiger partial charge >= 0.3 is 0 Å². The zero-order chi connectivity index (χ0) is 13.5. The van der Waals surface area contributed by atoms with Gasteiger partial charge in [0.05, 0.1) is 0 Å². The van der Waals surface area contributed by atoms with Crippen molar-refractivity contribution in [2.24, 2.45) is 5.73 Å². The molecule has 0 aliphatic carbocycles. The summed E-state index contributed by atoms with van der Waals surface area (Å²) in [6.45, 7) is 0.339. The van der Waals surface area contributed by atoms with Crippen molar-refractivity contribution in [1.82, 2.24) is 0 Å². The Bertz CT molecular complexity index is 541. The summed E-state index contributed by atoms with van der Waals surface area (Å²) in [5.74, 6) is 1.34. The zero-order valence-electron chi connectivity index (χ0n) is 10.5. The molecule has 4 nitrogen and oxygen atoms in total. The van der Waals surface area contributed by atoms with E-state index < -0.39 is 0 Å². The van der Waals surface area contributed by atoms with Crippen LogP contribution in [-0.4, -0.2) is 12.5 Å². The molecule has 0 spiro atoms. The van der Waals surface area contributed by atoms with Gasteiger partial charge in [0.25, 0.3) is 0 Å². The minimum absolute atomic E-state index is 0.0978. The molecule has 0 saturated heterocycles. The second-order valence-corrected chi connectivity index (χ2v) is 4.03. The van der Waals surface area contributed by atoms with E-state index in [0.29, 0.717) is 24.4 Å². The number of benzene rings is 2. The summed E-state index contributed by atoms with van der Waals surface area (Å²) in [6.07, 6.45) is 0.309. The van der Waals surface area contributed by atoms with Crippen LogP contribution >= 0.6 is 0 Å². The molecule has 2 aromatic rings. The third-order valence-corrected chi connectivity index (χ3v) is 2.47. The molecule has 98 valence electrons. The van der Waals surface area contributed by atoms with E-state index in [1.807, 2.05) is 48.5 Å². The van der Waals surface area contributed by atoms with Crippen molar-refractivity contribution in [3.8, 4) is 11.5 Å². The molecular formula is C15H16N2O2. The molecule has 0 fully saturated rings. The largest absolute Gasteiger partial charge is 0.457 e. The first-order chi connectivity index (χ1) is 9.28. The van der Waals surface area contributed by atoms with Gasteiger partial charge < -0.3 is 15.8 Å². The van der Waals surface area contributed by atoms with Gasteiger partial charge in [-0.25, -0.2) is 0 Å². The summed E-state index contributed by atoms with van der Waals surface area (Å²) in [5, 5.41) is 2.77. The molecular weight excluding hydrogens is 240 g/mol. The van der Waals surface area contributed by atoms with E-state index >= 15 is 0 Å². The third kappa shape index (κ3) is 4.12. The Hall–Kier alpha value is -2.33. The summed E-state index contributed by atoms with van der Waals surface area (Å²) in [4.78, 5) is 11.5. The number of nitrogens with one attached hydrogen (secondary N) is 1. The van der Waals surface area contributed by atoms with Crippen molar-refractivity contribution in [3.63, 3.8) is 0 Å². The van der Waals surface area contributed by atoms with Gasteiger partial charge in [-0.2, -0.15) is 0 Å². The molecule has 2 aromatic carbocycles. The lowest BCUT2D eigenvalue weighted by atomic mass is 10.3. The van der Waals surface area contributed by atoms with Crippen molar-refractivity contribution in [2.45, 2.75) is 6.42 Å². The maximum atomic E-state index is 11.5. The predicted octanol–water partition coefficient (Wildman–Crippen LogP) is 2.77. The molecule has 2 rings (SSSR count). The van der Waals surface area contributed by atoms with E-state index in [2.05, 4.69) is 5.32 Å². The number of para-hydroxylation sites is 1. The number of hydrogen-bond acceptors (Lipinski definition) is 3. The van der Waals surface area contributed by atoms with Gasteiger partial charge in [0.15, 0.2) is 0 Å². The second-order valence-electron chi connectivity index (χ2n) is 4.03. The molecule has 3 N–H and O–H groups in total. The molecule has 1 amide bonds. The van der Waals surface area contributed by atoms with Crippen molar-refractivity contribution in [2.75, 3.05) is 11.9 Å². The van der Waals surface area contributed by atoms with Crippen LogP contribution in [0.3, 0.4) is 0 Å². The summed E-state index contributed by atoms with van der Waals surface area (Å²) >= 11 is 0. The number of ether oxygens (including phenoxy) is 1. The molecule has 19 heavy (non-hydrogen) atoms. The molecule has 0 radical (unpaired) electrons. The van der Waals surface area contributed by atoms with Crippen molar-refractivity contribution >= 4 is 11.6 Å². The molecule has 4 heteroatoms. The van der Waals surface area contributed by atoms with Crippen LogP contribution < -0.4 is 15.8 Å². The van der Waals surface area contributed by atoms with E-state index in [1.165, 1.54) is 0 Å². The van der Waals surface area contributed by atoms with Crippen LogP contribution in [0.1, 0.15) is 6.42 Å². The number of nitrogens with two attached hydrogens (primary N) is 1. The summed E-state index contributed by atoms with van der Waals surface area (Å²) in [5.41, 5.74) is 6.03. The van der Waals surface area contributed by atoms with Gasteiger partial charge in [-0.05, 0) is 24.3 Å². The number of rotatable bonds is 5. The van der Waals surface area contributed by atoms with Crippen LogP contribution in [-0.2, 0) is 4.79 Å². The van der Waals surface area contributed by atoms with E-state index in [9.17, 15) is 4.79 Å². The highest BCUT2D eigenvalue weighted by atomic mass is 16.5. The quantitative estimate of drug-likeness (QED) is 0.864. The van der Waals surface area contributed by atoms with E-state index in [4.69, 9.17) is 10.5 Å². The van der Waals surface area contributed by atoms with Crippen LogP contribution in [0.2, 0.25) is 0 Å². The average Bonchev–Trinajstić information content (AvgIpc) is 2.40. The van der Waals surface area contributed by atoms with Crippen LogP contribution in [0, 0.1) is 0 Å². The van der Waals surface area contributed by atoms with Crippen LogP contribution in [0.15, 0.2) is 54.6 Å². The van der Waals surface area contributed by atoms with Gasteiger partial charge in [-0.3, -0.25) is 4.79 Å². The van der Waals surface area contributed by atoms with Gasteiger partial charge in [0.2, 0.25) is 5.91 Å². The standard InChI is InChI=1S/C15H16N2O2/c16-10-9-15(18)17-12-5-4-8-14(11-12)19-13-6-2-1-3-7-13/h1-8,11H,9-10,16H2,(H,17,18). The van der Waals surface area contributed by atoms with Crippen molar-refractivity contribution < 1.29 is 9.53 Å². The van der Waals surface area contributed by atoms with E-state index in [1.54, 1.807) is 6.07 Å². The molecule has 0 atom stereocenters. The SMILES string of the molecule is NCCC(=O)Nc1cccc(Oc2ccccc2)c1. The lowest BCUT2D eigenvalue weighted by molar-refractivity contribution is -0.116. The molecule has 0 aliphatic rings. The van der Waals surface area contributed by atoms with Crippen LogP contribution in [0.25, 0.3) is 0 Å². The highest BCUT2D eigenvalue weighted by Gasteiger charge is 2.02. The highest BCUT2D eigenvalue weighted by molar-refractivity contribution is 5.90. The fraction of sp³-hybridized carbons (Fsp3) is 0.133.